The van der Waals surface area contributed by atoms with Crippen LogP contribution in [0, 0.1) is 0 Å². The molecule has 0 spiro atoms. The lowest BCUT2D eigenvalue weighted by Gasteiger charge is -2.22. The molecule has 78 valence electrons. The number of ether oxygens (including phenoxy) is 1. The number of hydrogen-bond donors (Lipinski definition) is 1. The Hall–Kier alpha value is -1.18. The van der Waals surface area contributed by atoms with Crippen molar-refractivity contribution in [2.45, 2.75) is 39.7 Å². The topological polar surface area (TPSA) is 29.5 Å². The normalized spacial score (nSPS) is 11.4. The molecule has 0 saturated heterocycles. The lowest BCUT2D eigenvalue weighted by Crippen LogP contribution is -2.23. The zero-order chi connectivity index (χ0) is 10.8. The van der Waals surface area contributed by atoms with E-state index in [2.05, 4.69) is 0 Å². The summed E-state index contributed by atoms with van der Waals surface area (Å²) >= 11 is 0. The number of benzene rings is 1. The van der Waals surface area contributed by atoms with Gasteiger partial charge in [0, 0.05) is 0 Å². The molecule has 0 aliphatic carbocycles. The van der Waals surface area contributed by atoms with Crippen molar-refractivity contribution >= 4 is 0 Å². The predicted molar refractivity (Wildman–Crippen MR) is 57.9 cm³/mol. The minimum Gasteiger partial charge on any atom is -0.504 e. The molecule has 1 N–H and O–H groups in total. The highest BCUT2D eigenvalue weighted by atomic mass is 16.5. The minimum atomic E-state index is -0.274. The van der Waals surface area contributed by atoms with E-state index < -0.39 is 0 Å². The molecule has 2 nitrogen and oxygen atoms in total. The molecule has 1 aromatic rings. The Morgan fingerprint density at radius 3 is 2.43 bits per heavy atom. The van der Waals surface area contributed by atoms with Crippen molar-refractivity contribution < 1.29 is 9.84 Å². The van der Waals surface area contributed by atoms with E-state index in [1.54, 1.807) is 6.07 Å². The van der Waals surface area contributed by atoms with Gasteiger partial charge in [-0.2, -0.15) is 0 Å². The van der Waals surface area contributed by atoms with Gasteiger partial charge in [-0.3, -0.25) is 0 Å². The first kappa shape index (κ1) is 10.9. The van der Waals surface area contributed by atoms with Crippen molar-refractivity contribution in [2.75, 3.05) is 0 Å². The molecule has 0 saturated carbocycles. The Kier molecular flexibility index (Phi) is 3.04. The number of hydrogen-bond acceptors (Lipinski definition) is 2. The highest BCUT2D eigenvalue weighted by Crippen LogP contribution is 2.32. The van der Waals surface area contributed by atoms with Gasteiger partial charge in [0.15, 0.2) is 11.5 Å². The van der Waals surface area contributed by atoms with Crippen LogP contribution in [-0.4, -0.2) is 10.7 Å². The maximum absolute atomic E-state index is 9.83. The largest absolute Gasteiger partial charge is 0.504 e. The van der Waals surface area contributed by atoms with Crippen molar-refractivity contribution in [3.63, 3.8) is 0 Å². The van der Waals surface area contributed by atoms with Gasteiger partial charge in [0.2, 0.25) is 0 Å². The number of aromatic hydroxyl groups is 1. The third-order valence-corrected chi connectivity index (χ3v) is 1.88. The number of aryl methyl sites for hydroxylation is 1. The zero-order valence-electron chi connectivity index (χ0n) is 9.29. The van der Waals surface area contributed by atoms with Crippen LogP contribution >= 0.6 is 0 Å². The van der Waals surface area contributed by atoms with Crippen LogP contribution in [0.2, 0.25) is 0 Å². The molecule has 0 fully saturated rings. The summed E-state index contributed by atoms with van der Waals surface area (Å²) in [5, 5.41) is 9.83. The molecule has 0 heterocycles. The standard InChI is InChI=1S/C12H18O2/c1-5-9-7-6-8-10(11(9)13)14-12(2,3)4/h6-8,13H,5H2,1-4H3. The molecular formula is C12H18O2. The monoisotopic (exact) mass is 194 g/mol. The molecule has 14 heavy (non-hydrogen) atoms. The van der Waals surface area contributed by atoms with E-state index in [0.717, 1.165) is 12.0 Å². The lowest BCUT2D eigenvalue weighted by molar-refractivity contribution is 0.125. The van der Waals surface area contributed by atoms with Crippen LogP contribution in [-0.2, 0) is 6.42 Å². The fourth-order valence-electron chi connectivity index (χ4n) is 1.27. The van der Waals surface area contributed by atoms with E-state index in [1.165, 1.54) is 0 Å². The maximum Gasteiger partial charge on any atom is 0.162 e. The quantitative estimate of drug-likeness (QED) is 0.783. The molecular weight excluding hydrogens is 176 g/mol. The van der Waals surface area contributed by atoms with Gasteiger partial charge >= 0.3 is 0 Å². The molecule has 1 rings (SSSR count). The first-order valence-electron chi connectivity index (χ1n) is 4.94. The number of phenolic OH excluding ortho intramolecular Hbond substituents is 1. The molecule has 0 amide bonds. The van der Waals surface area contributed by atoms with Crippen LogP contribution < -0.4 is 4.74 Å². The second kappa shape index (κ2) is 3.91. The van der Waals surface area contributed by atoms with E-state index >= 15 is 0 Å². The SMILES string of the molecule is CCc1cccc(OC(C)(C)C)c1O. The number of phenols is 1. The molecule has 0 atom stereocenters. The zero-order valence-corrected chi connectivity index (χ0v) is 9.29. The van der Waals surface area contributed by atoms with Gasteiger partial charge in [-0.1, -0.05) is 19.1 Å². The Morgan fingerprint density at radius 1 is 1.29 bits per heavy atom. The average Bonchev–Trinajstić information content (AvgIpc) is 2.06. The van der Waals surface area contributed by atoms with Gasteiger partial charge in [0.05, 0.1) is 0 Å². The van der Waals surface area contributed by atoms with E-state index in [9.17, 15) is 5.11 Å². The molecule has 0 unspecified atom stereocenters. The van der Waals surface area contributed by atoms with Gasteiger partial charge < -0.3 is 9.84 Å². The van der Waals surface area contributed by atoms with Gasteiger partial charge in [0.1, 0.15) is 5.60 Å². The maximum atomic E-state index is 9.83. The summed E-state index contributed by atoms with van der Waals surface area (Å²) in [5.74, 6) is 0.835. The summed E-state index contributed by atoms with van der Waals surface area (Å²) in [6, 6.07) is 5.60. The summed E-state index contributed by atoms with van der Waals surface area (Å²) in [7, 11) is 0. The molecule has 0 aliphatic heterocycles. The van der Waals surface area contributed by atoms with E-state index in [1.807, 2.05) is 39.8 Å². The van der Waals surface area contributed by atoms with Crippen LogP contribution in [0.3, 0.4) is 0 Å². The Labute approximate surface area is 85.5 Å². The van der Waals surface area contributed by atoms with Crippen molar-refractivity contribution in [3.8, 4) is 11.5 Å². The summed E-state index contributed by atoms with van der Waals surface area (Å²) in [5.41, 5.74) is 0.649. The van der Waals surface area contributed by atoms with Crippen LogP contribution in [0.25, 0.3) is 0 Å². The summed E-state index contributed by atoms with van der Waals surface area (Å²) in [6.07, 6.45) is 0.813. The van der Waals surface area contributed by atoms with Crippen molar-refractivity contribution in [1.82, 2.24) is 0 Å². The molecule has 0 aliphatic rings. The van der Waals surface area contributed by atoms with Crippen LogP contribution in [0.5, 0.6) is 11.5 Å². The van der Waals surface area contributed by atoms with Crippen LogP contribution in [0.1, 0.15) is 33.3 Å². The Morgan fingerprint density at radius 2 is 1.93 bits per heavy atom. The predicted octanol–water partition coefficient (Wildman–Crippen LogP) is 3.13. The van der Waals surface area contributed by atoms with Crippen LogP contribution in [0.4, 0.5) is 0 Å². The highest BCUT2D eigenvalue weighted by molar-refractivity contribution is 5.45. The third kappa shape index (κ3) is 2.66. The number of rotatable bonds is 2. The first-order valence-corrected chi connectivity index (χ1v) is 4.94. The van der Waals surface area contributed by atoms with Crippen molar-refractivity contribution in [3.05, 3.63) is 23.8 Å². The molecule has 2 heteroatoms. The fourth-order valence-corrected chi connectivity index (χ4v) is 1.27. The third-order valence-electron chi connectivity index (χ3n) is 1.88. The van der Waals surface area contributed by atoms with Crippen LogP contribution in [0.15, 0.2) is 18.2 Å². The summed E-state index contributed by atoms with van der Waals surface area (Å²) in [6.45, 7) is 7.90. The first-order chi connectivity index (χ1) is 6.44. The molecule has 0 aromatic heterocycles. The van der Waals surface area contributed by atoms with Gasteiger partial charge in [0.25, 0.3) is 0 Å². The van der Waals surface area contributed by atoms with E-state index in [0.29, 0.717) is 5.75 Å². The lowest BCUT2D eigenvalue weighted by atomic mass is 10.1. The van der Waals surface area contributed by atoms with E-state index in [4.69, 9.17) is 4.74 Å². The minimum absolute atomic E-state index is 0.268. The van der Waals surface area contributed by atoms with Gasteiger partial charge in [-0.25, -0.2) is 0 Å². The molecule has 0 radical (unpaired) electrons. The fraction of sp³-hybridized carbons (Fsp3) is 0.500. The highest BCUT2D eigenvalue weighted by Gasteiger charge is 2.15. The summed E-state index contributed by atoms with van der Waals surface area (Å²) < 4.78 is 5.62. The van der Waals surface area contributed by atoms with Gasteiger partial charge in [-0.05, 0) is 38.8 Å². The Bertz CT molecular complexity index is 311. The molecule has 1 aromatic carbocycles. The average molecular weight is 194 g/mol. The second-order valence-electron chi connectivity index (χ2n) is 4.33. The second-order valence-corrected chi connectivity index (χ2v) is 4.33. The molecule has 0 bridgehead atoms. The van der Waals surface area contributed by atoms with Crippen molar-refractivity contribution in [2.24, 2.45) is 0 Å². The number of para-hydroxylation sites is 1. The van der Waals surface area contributed by atoms with Crippen molar-refractivity contribution in [1.29, 1.82) is 0 Å². The summed E-state index contributed by atoms with van der Waals surface area (Å²) in [4.78, 5) is 0. The smallest absolute Gasteiger partial charge is 0.162 e. The van der Waals surface area contributed by atoms with E-state index in [-0.39, 0.29) is 11.4 Å². The Balaban J connectivity index is 2.98. The van der Waals surface area contributed by atoms with Gasteiger partial charge in [-0.15, -0.1) is 0 Å².